The molecule has 0 bridgehead atoms. The van der Waals surface area contributed by atoms with E-state index in [0.29, 0.717) is 11.5 Å². The molecular formula is C16H15N3O4. The van der Waals surface area contributed by atoms with Crippen molar-refractivity contribution >= 4 is 17.2 Å². The molecule has 0 saturated carbocycles. The van der Waals surface area contributed by atoms with E-state index < -0.39 is 5.97 Å². The summed E-state index contributed by atoms with van der Waals surface area (Å²) in [5, 5.41) is 3.54. The van der Waals surface area contributed by atoms with Crippen molar-refractivity contribution in [3.8, 4) is 17.1 Å². The normalized spacial score (nSPS) is 9.83. The van der Waals surface area contributed by atoms with Crippen LogP contribution in [0.2, 0.25) is 0 Å². The second-order valence-electron chi connectivity index (χ2n) is 4.44. The average Bonchev–Trinajstić information content (AvgIpc) is 2.98. The molecule has 0 aliphatic heterocycles. The fourth-order valence-corrected chi connectivity index (χ4v) is 1.93. The van der Waals surface area contributed by atoms with Gasteiger partial charge >= 0.3 is 5.97 Å². The average molecular weight is 313 g/mol. The lowest BCUT2D eigenvalue weighted by Crippen LogP contribution is -2.05. The molecule has 2 rings (SSSR count). The van der Waals surface area contributed by atoms with Crippen molar-refractivity contribution in [2.75, 3.05) is 13.7 Å². The van der Waals surface area contributed by atoms with E-state index in [1.54, 1.807) is 44.4 Å². The number of ether oxygens (including phenoxy) is 2. The Bertz CT molecular complexity index is 771. The zero-order chi connectivity index (χ0) is 16.8. The molecule has 0 N–H and O–H groups in total. The highest BCUT2D eigenvalue weighted by Gasteiger charge is 2.20. The Kier molecular flexibility index (Phi) is 5.07. The zero-order valence-corrected chi connectivity index (χ0v) is 12.8. The van der Waals surface area contributed by atoms with Crippen LogP contribution in [0.15, 0.2) is 46.4 Å². The van der Waals surface area contributed by atoms with Gasteiger partial charge in [-0.25, -0.2) is 4.79 Å². The van der Waals surface area contributed by atoms with Gasteiger partial charge in [-0.05, 0) is 42.8 Å². The Morgan fingerprint density at radius 1 is 1.39 bits per heavy atom. The van der Waals surface area contributed by atoms with Crippen LogP contribution < -0.4 is 4.74 Å². The number of carbonyl (C=O) groups is 1. The highest BCUT2D eigenvalue weighted by Crippen LogP contribution is 2.35. The summed E-state index contributed by atoms with van der Waals surface area (Å²) in [6, 6.07) is 8.65. The molecule has 1 aromatic carbocycles. The lowest BCUT2D eigenvalue weighted by molar-refractivity contribution is -0.136. The highest BCUT2D eigenvalue weighted by atomic mass is 16.5. The molecule has 0 unspecified atom stereocenters. The summed E-state index contributed by atoms with van der Waals surface area (Å²) in [5.41, 5.74) is 9.58. The van der Waals surface area contributed by atoms with Gasteiger partial charge in [0.15, 0.2) is 5.76 Å². The largest absolute Gasteiger partial charge is 0.497 e. The molecule has 0 saturated heterocycles. The number of methoxy groups -OCH3 is 1. The van der Waals surface area contributed by atoms with Gasteiger partial charge in [0.25, 0.3) is 0 Å². The van der Waals surface area contributed by atoms with Crippen LogP contribution in [0, 0.1) is 0 Å². The summed E-state index contributed by atoms with van der Waals surface area (Å²) in [5.74, 6) is 0.604. The van der Waals surface area contributed by atoms with Gasteiger partial charge in [0, 0.05) is 10.5 Å². The van der Waals surface area contributed by atoms with Crippen LogP contribution in [-0.4, -0.2) is 19.7 Å². The molecule has 0 spiro atoms. The third kappa shape index (κ3) is 3.53. The van der Waals surface area contributed by atoms with E-state index in [4.69, 9.17) is 19.4 Å². The molecule has 7 nitrogen and oxygen atoms in total. The topological polar surface area (TPSA) is 97.4 Å². The number of nitrogens with zero attached hydrogens (tertiary/aromatic N) is 3. The first-order chi connectivity index (χ1) is 11.1. The lowest BCUT2D eigenvalue weighted by atomic mass is 10.1. The summed E-state index contributed by atoms with van der Waals surface area (Å²) in [4.78, 5) is 14.5. The standard InChI is InChI=1S/C16H15N3O4/c1-4-22-16(20)10(2)15-13(18-19-17)9-14(23-15)11-5-7-12(21-3)8-6-11/h5-9H,2,4H2,1,3H3. The van der Waals surface area contributed by atoms with Crippen molar-refractivity contribution in [2.45, 2.75) is 6.92 Å². The molecule has 0 aliphatic rings. The third-order valence-electron chi connectivity index (χ3n) is 3.04. The molecule has 7 heteroatoms. The summed E-state index contributed by atoms with van der Waals surface area (Å²) in [7, 11) is 1.57. The van der Waals surface area contributed by atoms with Crippen LogP contribution in [0.1, 0.15) is 12.7 Å². The number of hydrogen-bond donors (Lipinski definition) is 0. The van der Waals surface area contributed by atoms with Gasteiger partial charge in [0.2, 0.25) is 0 Å². The third-order valence-corrected chi connectivity index (χ3v) is 3.04. The minimum absolute atomic E-state index is 0.00554. The van der Waals surface area contributed by atoms with E-state index in [-0.39, 0.29) is 23.6 Å². The Morgan fingerprint density at radius 2 is 2.09 bits per heavy atom. The maximum absolute atomic E-state index is 11.8. The van der Waals surface area contributed by atoms with E-state index in [0.717, 1.165) is 5.56 Å². The predicted molar refractivity (Wildman–Crippen MR) is 85.2 cm³/mol. The molecule has 0 radical (unpaired) electrons. The van der Waals surface area contributed by atoms with Crippen LogP contribution >= 0.6 is 0 Å². The minimum atomic E-state index is -0.627. The van der Waals surface area contributed by atoms with Crippen molar-refractivity contribution in [1.29, 1.82) is 0 Å². The Labute approximate surface area is 132 Å². The fourth-order valence-electron chi connectivity index (χ4n) is 1.93. The van der Waals surface area contributed by atoms with Gasteiger partial charge in [0.05, 0.1) is 25.0 Å². The first-order valence-electron chi connectivity index (χ1n) is 6.80. The highest BCUT2D eigenvalue weighted by molar-refractivity contribution is 6.16. The minimum Gasteiger partial charge on any atom is -0.497 e. The van der Waals surface area contributed by atoms with Gasteiger partial charge in [-0.2, -0.15) is 0 Å². The molecule has 118 valence electrons. The van der Waals surface area contributed by atoms with Gasteiger partial charge < -0.3 is 13.9 Å². The number of carbonyl (C=O) groups excluding carboxylic acids is 1. The fraction of sp³-hybridized carbons (Fsp3) is 0.188. The van der Waals surface area contributed by atoms with Crippen LogP contribution in [0.25, 0.3) is 27.3 Å². The van der Waals surface area contributed by atoms with Gasteiger partial charge in [-0.1, -0.05) is 11.7 Å². The van der Waals surface area contributed by atoms with Crippen LogP contribution in [0.5, 0.6) is 5.75 Å². The molecule has 0 amide bonds. The zero-order valence-electron chi connectivity index (χ0n) is 12.8. The molecular weight excluding hydrogens is 298 g/mol. The van der Waals surface area contributed by atoms with E-state index in [9.17, 15) is 4.79 Å². The Morgan fingerprint density at radius 3 is 2.65 bits per heavy atom. The van der Waals surface area contributed by atoms with Crippen molar-refractivity contribution in [1.82, 2.24) is 0 Å². The first-order valence-corrected chi connectivity index (χ1v) is 6.80. The Hall–Kier alpha value is -3.18. The van der Waals surface area contributed by atoms with E-state index in [1.165, 1.54) is 0 Å². The smallest absolute Gasteiger partial charge is 0.341 e. The maximum atomic E-state index is 11.8. The quantitative estimate of drug-likeness (QED) is 0.258. The van der Waals surface area contributed by atoms with Crippen LogP contribution in [0.4, 0.5) is 5.69 Å². The van der Waals surface area contributed by atoms with Crippen LogP contribution in [0.3, 0.4) is 0 Å². The molecule has 0 atom stereocenters. The van der Waals surface area contributed by atoms with Crippen molar-refractivity contribution in [3.05, 3.63) is 53.1 Å². The van der Waals surface area contributed by atoms with E-state index in [1.807, 2.05) is 0 Å². The maximum Gasteiger partial charge on any atom is 0.341 e. The number of esters is 1. The summed E-state index contributed by atoms with van der Waals surface area (Å²) in [6.45, 7) is 5.54. The number of benzene rings is 1. The molecule has 23 heavy (non-hydrogen) atoms. The van der Waals surface area contributed by atoms with Gasteiger partial charge in [0.1, 0.15) is 11.5 Å². The molecule has 0 fully saturated rings. The monoisotopic (exact) mass is 313 g/mol. The molecule has 1 aromatic heterocycles. The van der Waals surface area contributed by atoms with E-state index in [2.05, 4.69) is 16.6 Å². The SMILES string of the molecule is C=C(C(=O)OCC)c1oc(-c2ccc(OC)cc2)cc1N=[N+]=[N-]. The van der Waals surface area contributed by atoms with Gasteiger partial charge in [-0.15, -0.1) is 0 Å². The second kappa shape index (κ2) is 7.20. The number of hydrogen-bond acceptors (Lipinski definition) is 5. The van der Waals surface area contributed by atoms with Crippen molar-refractivity contribution < 1.29 is 18.7 Å². The molecule has 0 aliphatic carbocycles. The number of furan rings is 1. The molecule has 2 aromatic rings. The molecule has 1 heterocycles. The summed E-state index contributed by atoms with van der Waals surface area (Å²) < 4.78 is 15.6. The predicted octanol–water partition coefficient (Wildman–Crippen LogP) is 4.47. The van der Waals surface area contributed by atoms with Gasteiger partial charge in [-0.3, -0.25) is 0 Å². The van der Waals surface area contributed by atoms with E-state index >= 15 is 0 Å². The van der Waals surface area contributed by atoms with Crippen molar-refractivity contribution in [3.63, 3.8) is 0 Å². The lowest BCUT2D eigenvalue weighted by Gasteiger charge is -2.03. The summed E-state index contributed by atoms with van der Waals surface area (Å²) in [6.07, 6.45) is 0. The first kappa shape index (κ1) is 16.2. The number of rotatable bonds is 6. The summed E-state index contributed by atoms with van der Waals surface area (Å²) >= 11 is 0. The number of azide groups is 1. The Balaban J connectivity index is 2.43. The van der Waals surface area contributed by atoms with Crippen LogP contribution in [-0.2, 0) is 9.53 Å². The van der Waals surface area contributed by atoms with Crippen molar-refractivity contribution in [2.24, 2.45) is 5.11 Å². The second-order valence-corrected chi connectivity index (χ2v) is 4.44.